The van der Waals surface area contributed by atoms with Crippen LogP contribution in [0.5, 0.6) is 5.75 Å². The molecule has 0 aliphatic carbocycles. The van der Waals surface area contributed by atoms with Crippen molar-refractivity contribution < 1.29 is 17.9 Å². The van der Waals surface area contributed by atoms with Crippen LogP contribution in [0.25, 0.3) is 6.08 Å². The normalized spacial score (nSPS) is 17.5. The molecule has 1 aliphatic rings. The zero-order valence-corrected chi connectivity index (χ0v) is 17.5. The molecule has 0 bridgehead atoms. The number of sulfonamides is 1. The Morgan fingerprint density at radius 2 is 1.79 bits per heavy atom. The van der Waals surface area contributed by atoms with E-state index >= 15 is 0 Å². The average Bonchev–Trinajstić information content (AvgIpc) is 2.96. The topological polar surface area (TPSA) is 76.0 Å². The van der Waals surface area contributed by atoms with E-state index in [1.807, 2.05) is 12.1 Å². The van der Waals surface area contributed by atoms with Crippen LogP contribution in [0.1, 0.15) is 12.5 Å². The molecule has 0 spiro atoms. The van der Waals surface area contributed by atoms with Crippen molar-refractivity contribution in [3.05, 3.63) is 64.0 Å². The van der Waals surface area contributed by atoms with Crippen molar-refractivity contribution >= 4 is 50.5 Å². The second kappa shape index (κ2) is 8.38. The standard InChI is InChI=1S/C19H17ClN2O4S2/c1-3-22-18(23)17(12-13-4-8-15(26-2)9-5-13)27-19(22)21-28(24,25)16-10-6-14(20)7-11-16/h4-12H,3H2,1-2H3/b17-12-,21-19?. The van der Waals surface area contributed by atoms with Gasteiger partial charge in [0.15, 0.2) is 5.17 Å². The molecule has 0 radical (unpaired) electrons. The summed E-state index contributed by atoms with van der Waals surface area (Å²) in [6.45, 7) is 2.07. The first-order valence-electron chi connectivity index (χ1n) is 8.30. The number of amides is 1. The van der Waals surface area contributed by atoms with E-state index in [0.29, 0.717) is 22.2 Å². The Hall–Kier alpha value is -2.29. The molecule has 9 heteroatoms. The first-order chi connectivity index (χ1) is 13.3. The highest BCUT2D eigenvalue weighted by Crippen LogP contribution is 2.33. The van der Waals surface area contributed by atoms with Gasteiger partial charge in [-0.1, -0.05) is 23.7 Å². The third kappa shape index (κ3) is 4.40. The maximum atomic E-state index is 12.7. The zero-order chi connectivity index (χ0) is 20.3. The first-order valence-corrected chi connectivity index (χ1v) is 10.9. The quantitative estimate of drug-likeness (QED) is 0.661. The Balaban J connectivity index is 1.93. The predicted octanol–water partition coefficient (Wildman–Crippen LogP) is 4.03. The highest BCUT2D eigenvalue weighted by molar-refractivity contribution is 8.19. The summed E-state index contributed by atoms with van der Waals surface area (Å²) >= 11 is 6.84. The van der Waals surface area contributed by atoms with Crippen LogP contribution in [0.4, 0.5) is 0 Å². The Kier molecular flexibility index (Phi) is 6.12. The van der Waals surface area contributed by atoms with Gasteiger partial charge in [0.2, 0.25) is 0 Å². The lowest BCUT2D eigenvalue weighted by atomic mass is 10.2. The Bertz CT molecular complexity index is 1050. The second-order valence-corrected chi connectivity index (χ2v) is 8.79. The molecular formula is C19H17ClN2O4S2. The maximum absolute atomic E-state index is 12.7. The molecule has 2 aromatic carbocycles. The number of hydrogen-bond acceptors (Lipinski definition) is 5. The SMILES string of the molecule is CCN1C(=O)/C(=C/c2ccc(OC)cc2)SC1=NS(=O)(=O)c1ccc(Cl)cc1. The van der Waals surface area contributed by atoms with Crippen LogP contribution < -0.4 is 4.74 Å². The predicted molar refractivity (Wildman–Crippen MR) is 112 cm³/mol. The molecule has 6 nitrogen and oxygen atoms in total. The van der Waals surface area contributed by atoms with Crippen LogP contribution in [0.15, 0.2) is 62.7 Å². The number of thioether (sulfide) groups is 1. The average molecular weight is 437 g/mol. The zero-order valence-electron chi connectivity index (χ0n) is 15.1. The van der Waals surface area contributed by atoms with Crippen LogP contribution in [-0.4, -0.2) is 38.0 Å². The van der Waals surface area contributed by atoms with E-state index in [1.54, 1.807) is 32.2 Å². The molecule has 1 amide bonds. The number of benzene rings is 2. The highest BCUT2D eigenvalue weighted by atomic mass is 35.5. The molecule has 146 valence electrons. The van der Waals surface area contributed by atoms with Gasteiger partial charge in [-0.25, -0.2) is 0 Å². The number of carbonyl (C=O) groups excluding carboxylic acids is 1. The van der Waals surface area contributed by atoms with Crippen molar-refractivity contribution in [2.24, 2.45) is 4.40 Å². The number of likely N-dealkylation sites (N-methyl/N-ethyl adjacent to an activating group) is 1. The number of amidine groups is 1. The number of rotatable bonds is 5. The smallest absolute Gasteiger partial charge is 0.284 e. The molecule has 1 fully saturated rings. The summed E-state index contributed by atoms with van der Waals surface area (Å²) in [5.74, 6) is 0.424. The molecule has 0 atom stereocenters. The Labute approximate surface area is 172 Å². The van der Waals surface area contributed by atoms with Gasteiger partial charge in [-0.15, -0.1) is 4.40 Å². The summed E-state index contributed by atoms with van der Waals surface area (Å²) in [4.78, 5) is 14.4. The molecule has 2 aromatic rings. The molecule has 28 heavy (non-hydrogen) atoms. The molecule has 3 rings (SSSR count). The van der Waals surface area contributed by atoms with Gasteiger partial charge in [0.1, 0.15) is 5.75 Å². The Morgan fingerprint density at radius 1 is 1.14 bits per heavy atom. The largest absolute Gasteiger partial charge is 0.497 e. The molecule has 0 unspecified atom stereocenters. The minimum atomic E-state index is -3.96. The van der Waals surface area contributed by atoms with Crippen molar-refractivity contribution in [1.29, 1.82) is 0 Å². The third-order valence-electron chi connectivity index (χ3n) is 3.93. The van der Waals surface area contributed by atoms with Crippen molar-refractivity contribution in [3.8, 4) is 5.75 Å². The van der Waals surface area contributed by atoms with E-state index < -0.39 is 10.0 Å². The minimum Gasteiger partial charge on any atom is -0.497 e. The number of methoxy groups -OCH3 is 1. The second-order valence-electron chi connectivity index (χ2n) is 5.74. The lowest BCUT2D eigenvalue weighted by molar-refractivity contribution is -0.122. The van der Waals surface area contributed by atoms with Crippen LogP contribution >= 0.6 is 23.4 Å². The van der Waals surface area contributed by atoms with Crippen molar-refractivity contribution in [2.75, 3.05) is 13.7 Å². The molecule has 1 saturated heterocycles. The summed E-state index contributed by atoms with van der Waals surface area (Å²) in [5, 5.41) is 0.555. The highest BCUT2D eigenvalue weighted by Gasteiger charge is 2.34. The molecule has 0 aromatic heterocycles. The molecule has 1 aliphatic heterocycles. The Morgan fingerprint density at radius 3 is 2.36 bits per heavy atom. The fourth-order valence-electron chi connectivity index (χ4n) is 2.47. The fraction of sp³-hybridized carbons (Fsp3) is 0.158. The van der Waals surface area contributed by atoms with E-state index in [0.717, 1.165) is 17.3 Å². The van der Waals surface area contributed by atoms with Crippen LogP contribution in [0, 0.1) is 0 Å². The monoisotopic (exact) mass is 436 g/mol. The molecule has 1 heterocycles. The van der Waals surface area contributed by atoms with Gasteiger partial charge in [-0.05, 0) is 66.7 Å². The van der Waals surface area contributed by atoms with E-state index in [-0.39, 0.29) is 16.0 Å². The maximum Gasteiger partial charge on any atom is 0.284 e. The van der Waals surface area contributed by atoms with Crippen molar-refractivity contribution in [1.82, 2.24) is 4.90 Å². The van der Waals surface area contributed by atoms with Gasteiger partial charge in [0, 0.05) is 11.6 Å². The molecular weight excluding hydrogens is 420 g/mol. The van der Waals surface area contributed by atoms with Crippen LogP contribution in [-0.2, 0) is 14.8 Å². The summed E-state index contributed by atoms with van der Waals surface area (Å²) < 4.78 is 34.2. The summed E-state index contributed by atoms with van der Waals surface area (Å²) in [7, 11) is -2.39. The van der Waals surface area contributed by atoms with Crippen molar-refractivity contribution in [2.45, 2.75) is 11.8 Å². The summed E-state index contributed by atoms with van der Waals surface area (Å²) in [5.41, 5.74) is 0.800. The van der Waals surface area contributed by atoms with Gasteiger partial charge in [-0.2, -0.15) is 8.42 Å². The van der Waals surface area contributed by atoms with Gasteiger partial charge >= 0.3 is 0 Å². The summed E-state index contributed by atoms with van der Waals surface area (Å²) in [6.07, 6.45) is 1.70. The number of ether oxygens (including phenoxy) is 1. The molecule has 0 saturated carbocycles. The summed E-state index contributed by atoms with van der Waals surface area (Å²) in [6, 6.07) is 12.9. The van der Waals surface area contributed by atoms with Crippen molar-refractivity contribution in [3.63, 3.8) is 0 Å². The number of halogens is 1. The lowest BCUT2D eigenvalue weighted by Crippen LogP contribution is -2.29. The van der Waals surface area contributed by atoms with E-state index in [9.17, 15) is 13.2 Å². The molecule has 0 N–H and O–H groups in total. The third-order valence-corrected chi connectivity index (χ3v) is 6.58. The van der Waals surface area contributed by atoms with E-state index in [4.69, 9.17) is 16.3 Å². The van der Waals surface area contributed by atoms with Gasteiger partial charge in [-0.3, -0.25) is 9.69 Å². The number of hydrogen-bond donors (Lipinski definition) is 0. The van der Waals surface area contributed by atoms with E-state index in [1.165, 1.54) is 29.2 Å². The number of nitrogens with zero attached hydrogens (tertiary/aromatic N) is 2. The first kappa shape index (κ1) is 20.4. The van der Waals surface area contributed by atoms with Gasteiger partial charge in [0.25, 0.3) is 15.9 Å². The van der Waals surface area contributed by atoms with Crippen LogP contribution in [0.3, 0.4) is 0 Å². The van der Waals surface area contributed by atoms with Gasteiger partial charge < -0.3 is 4.74 Å². The lowest BCUT2D eigenvalue weighted by Gasteiger charge is -2.11. The van der Waals surface area contributed by atoms with Gasteiger partial charge in [0.05, 0.1) is 16.9 Å². The number of carbonyl (C=O) groups is 1. The van der Waals surface area contributed by atoms with Crippen LogP contribution in [0.2, 0.25) is 5.02 Å². The minimum absolute atomic E-state index is 0.0149. The fourth-order valence-corrected chi connectivity index (χ4v) is 4.84. The van der Waals surface area contributed by atoms with E-state index in [2.05, 4.69) is 4.40 Å².